The lowest BCUT2D eigenvalue weighted by Crippen LogP contribution is -2.50. The van der Waals surface area contributed by atoms with Crippen molar-refractivity contribution < 1.29 is 23.5 Å². The van der Waals surface area contributed by atoms with E-state index < -0.39 is 0 Å². The molecule has 0 atom stereocenters. The molecule has 2 aromatic rings. The number of piperazine rings is 1. The highest BCUT2D eigenvalue weighted by molar-refractivity contribution is 5.98. The minimum Gasteiger partial charge on any atom is -0.459 e. The second kappa shape index (κ2) is 9.18. The molecular formula is C20H23N3O5. The minimum atomic E-state index is -0.207. The van der Waals surface area contributed by atoms with Gasteiger partial charge >= 0.3 is 0 Å². The summed E-state index contributed by atoms with van der Waals surface area (Å²) in [5.74, 6) is -0.183. The Morgan fingerprint density at radius 3 is 2.14 bits per heavy atom. The van der Waals surface area contributed by atoms with E-state index in [0.29, 0.717) is 56.2 Å². The molecule has 3 rings (SSSR count). The number of hydrogen-bond donors (Lipinski definition) is 1. The van der Waals surface area contributed by atoms with Crippen LogP contribution in [0.3, 0.4) is 0 Å². The largest absolute Gasteiger partial charge is 0.459 e. The molecule has 0 spiro atoms. The Hall–Kier alpha value is -3.13. The van der Waals surface area contributed by atoms with Crippen molar-refractivity contribution in [1.82, 2.24) is 15.1 Å². The average molecular weight is 385 g/mol. The summed E-state index contributed by atoms with van der Waals surface area (Å²) in [6, 6.07) is 9.86. The van der Waals surface area contributed by atoms with E-state index in [1.807, 2.05) is 0 Å². The number of methoxy groups -OCH3 is 1. The smallest absolute Gasteiger partial charge is 0.289 e. The molecule has 8 nitrogen and oxygen atoms in total. The third kappa shape index (κ3) is 4.58. The molecule has 2 heterocycles. The fraction of sp³-hybridized carbons (Fsp3) is 0.350. The van der Waals surface area contributed by atoms with Gasteiger partial charge in [-0.05, 0) is 36.4 Å². The van der Waals surface area contributed by atoms with Gasteiger partial charge in [0.25, 0.3) is 17.7 Å². The van der Waals surface area contributed by atoms with E-state index >= 15 is 0 Å². The number of amides is 3. The molecule has 1 aliphatic rings. The first-order chi connectivity index (χ1) is 13.6. The normalized spacial score (nSPS) is 14.0. The first-order valence-electron chi connectivity index (χ1n) is 9.09. The van der Waals surface area contributed by atoms with Gasteiger partial charge in [0.15, 0.2) is 5.76 Å². The molecule has 0 unspecified atom stereocenters. The molecule has 0 radical (unpaired) electrons. The van der Waals surface area contributed by atoms with Gasteiger partial charge in [-0.2, -0.15) is 0 Å². The van der Waals surface area contributed by atoms with Crippen LogP contribution in [0.5, 0.6) is 0 Å². The number of nitrogens with one attached hydrogen (secondary N) is 1. The van der Waals surface area contributed by atoms with Crippen molar-refractivity contribution in [3.05, 3.63) is 59.5 Å². The van der Waals surface area contributed by atoms with E-state index in [1.54, 1.807) is 53.3 Å². The van der Waals surface area contributed by atoms with Gasteiger partial charge in [0.2, 0.25) is 0 Å². The third-order valence-electron chi connectivity index (χ3n) is 4.57. The van der Waals surface area contributed by atoms with Crippen molar-refractivity contribution >= 4 is 17.7 Å². The molecule has 0 saturated carbocycles. The van der Waals surface area contributed by atoms with E-state index in [-0.39, 0.29) is 17.7 Å². The van der Waals surface area contributed by atoms with E-state index in [2.05, 4.69) is 5.32 Å². The van der Waals surface area contributed by atoms with E-state index in [9.17, 15) is 14.4 Å². The van der Waals surface area contributed by atoms with Gasteiger partial charge in [-0.1, -0.05) is 0 Å². The molecule has 8 heteroatoms. The SMILES string of the molecule is COCCNC(=O)c1ccc(C(=O)N2CCN(C(=O)c3ccco3)CC2)cc1. The number of benzene rings is 1. The highest BCUT2D eigenvalue weighted by Crippen LogP contribution is 2.13. The standard InChI is InChI=1S/C20H23N3O5/c1-27-14-8-21-18(24)15-4-6-16(7-5-15)19(25)22-9-11-23(12-10-22)20(26)17-3-2-13-28-17/h2-7,13H,8-12,14H2,1H3,(H,21,24). The molecule has 148 valence electrons. The molecular weight excluding hydrogens is 362 g/mol. The van der Waals surface area contributed by atoms with Gasteiger partial charge in [0.1, 0.15) is 0 Å². The van der Waals surface area contributed by atoms with Crippen molar-refractivity contribution in [2.24, 2.45) is 0 Å². The molecule has 1 aromatic carbocycles. The summed E-state index contributed by atoms with van der Waals surface area (Å²) in [6.45, 7) is 2.67. The lowest BCUT2D eigenvalue weighted by molar-refractivity contribution is 0.0518. The molecule has 1 aliphatic heterocycles. The Bertz CT molecular complexity index is 809. The predicted molar refractivity (Wildman–Crippen MR) is 101 cm³/mol. The van der Waals surface area contributed by atoms with Crippen molar-refractivity contribution in [3.8, 4) is 0 Å². The second-order valence-electron chi connectivity index (χ2n) is 6.39. The van der Waals surface area contributed by atoms with Crippen LogP contribution in [-0.4, -0.2) is 74.0 Å². The van der Waals surface area contributed by atoms with Crippen LogP contribution in [0, 0.1) is 0 Å². The number of rotatable bonds is 6. The summed E-state index contributed by atoms with van der Waals surface area (Å²) in [7, 11) is 1.57. The van der Waals surface area contributed by atoms with Gasteiger partial charge in [-0.15, -0.1) is 0 Å². The number of hydrogen-bond acceptors (Lipinski definition) is 5. The number of carbonyl (C=O) groups is 3. The zero-order valence-electron chi connectivity index (χ0n) is 15.7. The first kappa shape index (κ1) is 19.6. The molecule has 1 saturated heterocycles. The zero-order valence-corrected chi connectivity index (χ0v) is 15.7. The predicted octanol–water partition coefficient (Wildman–Crippen LogP) is 1.25. The van der Waals surface area contributed by atoms with Crippen LogP contribution in [0.2, 0.25) is 0 Å². The second-order valence-corrected chi connectivity index (χ2v) is 6.39. The van der Waals surface area contributed by atoms with E-state index in [0.717, 1.165) is 0 Å². The number of carbonyl (C=O) groups excluding carboxylic acids is 3. The molecule has 0 bridgehead atoms. The fourth-order valence-electron chi connectivity index (χ4n) is 2.98. The molecule has 1 fully saturated rings. The summed E-state index contributed by atoms with van der Waals surface area (Å²) in [6.07, 6.45) is 1.47. The van der Waals surface area contributed by atoms with Gasteiger partial charge in [0.05, 0.1) is 12.9 Å². The van der Waals surface area contributed by atoms with Crippen LogP contribution >= 0.6 is 0 Å². The number of ether oxygens (including phenoxy) is 1. The number of furan rings is 1. The Morgan fingerprint density at radius 1 is 0.964 bits per heavy atom. The number of nitrogens with zero attached hydrogens (tertiary/aromatic N) is 2. The van der Waals surface area contributed by atoms with Crippen molar-refractivity contribution in [2.45, 2.75) is 0 Å². The van der Waals surface area contributed by atoms with Crippen LogP contribution in [0.1, 0.15) is 31.3 Å². The monoisotopic (exact) mass is 385 g/mol. The van der Waals surface area contributed by atoms with Gasteiger partial charge in [-0.3, -0.25) is 14.4 Å². The van der Waals surface area contributed by atoms with Crippen LogP contribution in [0.4, 0.5) is 0 Å². The summed E-state index contributed by atoms with van der Waals surface area (Å²) in [5, 5.41) is 2.73. The Kier molecular flexibility index (Phi) is 6.44. The average Bonchev–Trinajstić information content (AvgIpc) is 3.28. The third-order valence-corrected chi connectivity index (χ3v) is 4.57. The maximum absolute atomic E-state index is 12.7. The van der Waals surface area contributed by atoms with Crippen LogP contribution in [-0.2, 0) is 4.74 Å². The molecule has 0 aliphatic carbocycles. The Morgan fingerprint density at radius 2 is 1.57 bits per heavy atom. The van der Waals surface area contributed by atoms with Gasteiger partial charge in [0, 0.05) is 51.0 Å². The summed E-state index contributed by atoms with van der Waals surface area (Å²) in [4.78, 5) is 40.3. The quantitative estimate of drug-likeness (QED) is 0.756. The molecule has 1 N–H and O–H groups in total. The summed E-state index contributed by atoms with van der Waals surface area (Å²) in [5.41, 5.74) is 1.00. The summed E-state index contributed by atoms with van der Waals surface area (Å²) >= 11 is 0. The van der Waals surface area contributed by atoms with Crippen LogP contribution < -0.4 is 5.32 Å². The molecule has 28 heavy (non-hydrogen) atoms. The first-order valence-corrected chi connectivity index (χ1v) is 9.09. The maximum atomic E-state index is 12.7. The Labute approximate surface area is 163 Å². The lowest BCUT2D eigenvalue weighted by Gasteiger charge is -2.34. The zero-order chi connectivity index (χ0) is 19.9. The van der Waals surface area contributed by atoms with E-state index in [4.69, 9.17) is 9.15 Å². The lowest BCUT2D eigenvalue weighted by atomic mass is 10.1. The highest BCUT2D eigenvalue weighted by atomic mass is 16.5. The summed E-state index contributed by atoms with van der Waals surface area (Å²) < 4.78 is 10.0. The topological polar surface area (TPSA) is 92.1 Å². The molecule has 1 aromatic heterocycles. The van der Waals surface area contributed by atoms with Crippen LogP contribution in [0.15, 0.2) is 47.1 Å². The van der Waals surface area contributed by atoms with Gasteiger partial charge in [-0.25, -0.2) is 0 Å². The van der Waals surface area contributed by atoms with Crippen molar-refractivity contribution in [3.63, 3.8) is 0 Å². The molecule has 3 amide bonds. The van der Waals surface area contributed by atoms with Crippen molar-refractivity contribution in [2.75, 3.05) is 46.4 Å². The van der Waals surface area contributed by atoms with E-state index in [1.165, 1.54) is 6.26 Å². The van der Waals surface area contributed by atoms with Gasteiger partial charge < -0.3 is 24.3 Å². The fourth-order valence-corrected chi connectivity index (χ4v) is 2.98. The minimum absolute atomic E-state index is 0.114. The Balaban J connectivity index is 1.53. The van der Waals surface area contributed by atoms with Crippen molar-refractivity contribution in [1.29, 1.82) is 0 Å². The highest BCUT2D eigenvalue weighted by Gasteiger charge is 2.26. The maximum Gasteiger partial charge on any atom is 0.289 e. The van der Waals surface area contributed by atoms with Crippen LogP contribution in [0.25, 0.3) is 0 Å².